The van der Waals surface area contributed by atoms with Gasteiger partial charge in [0.15, 0.2) is 0 Å². The van der Waals surface area contributed by atoms with Gasteiger partial charge in [-0.15, -0.1) is 0 Å². The van der Waals surface area contributed by atoms with E-state index in [-0.39, 0.29) is 51.4 Å². The minimum absolute atomic E-state index is 0. The molecule has 3 nitrogen and oxygen atoms in total. The zero-order chi connectivity index (χ0) is 11.7. The Kier molecular flexibility index (Phi) is 7.60. The quantitative estimate of drug-likeness (QED) is 0.343. The summed E-state index contributed by atoms with van der Waals surface area (Å²) in [6.45, 7) is 0. The summed E-state index contributed by atoms with van der Waals surface area (Å²) in [5.74, 6) is -5.56. The summed E-state index contributed by atoms with van der Waals surface area (Å²) in [5, 5.41) is 0. The standard InChI is InChI=1S/C4H4F6O3S.K/c5-1(2(6)7)4(9,10)3(8)14(11,12)13;/h1-3H,(H,11,12,13);/q;+1/p-1. The first-order valence-electron chi connectivity index (χ1n) is 2.90. The molecule has 0 aromatic rings. The largest absolute Gasteiger partial charge is 1.00 e. The Balaban J connectivity index is 0. The first-order valence-corrected chi connectivity index (χ1v) is 4.37. The van der Waals surface area contributed by atoms with E-state index in [0.717, 1.165) is 0 Å². The molecule has 0 amide bonds. The van der Waals surface area contributed by atoms with Crippen molar-refractivity contribution >= 4 is 10.1 Å². The number of halogens is 6. The van der Waals surface area contributed by atoms with Crippen LogP contribution >= 0.6 is 0 Å². The fraction of sp³-hybridized carbons (Fsp3) is 1.00. The maximum atomic E-state index is 12.1. The van der Waals surface area contributed by atoms with Gasteiger partial charge in [-0.25, -0.2) is 26.0 Å². The second kappa shape index (κ2) is 6.17. The molecular weight excluding hydrogens is 281 g/mol. The molecule has 15 heavy (non-hydrogen) atoms. The van der Waals surface area contributed by atoms with Crippen LogP contribution in [-0.4, -0.2) is 37.0 Å². The molecule has 0 fully saturated rings. The topological polar surface area (TPSA) is 57.2 Å². The van der Waals surface area contributed by atoms with Crippen LogP contribution in [0.5, 0.6) is 0 Å². The van der Waals surface area contributed by atoms with E-state index in [1.165, 1.54) is 0 Å². The summed E-state index contributed by atoms with van der Waals surface area (Å²) >= 11 is 0. The molecule has 0 radical (unpaired) electrons. The third kappa shape index (κ3) is 4.87. The molecule has 0 aromatic heterocycles. The van der Waals surface area contributed by atoms with Crippen molar-refractivity contribution in [3.63, 3.8) is 0 Å². The molecule has 2 unspecified atom stereocenters. The Hall–Kier alpha value is 1.13. The maximum absolute atomic E-state index is 12.1. The second-order valence-electron chi connectivity index (χ2n) is 2.22. The third-order valence-electron chi connectivity index (χ3n) is 1.14. The van der Waals surface area contributed by atoms with Gasteiger partial charge < -0.3 is 4.55 Å². The van der Waals surface area contributed by atoms with Crippen LogP contribution in [0.25, 0.3) is 0 Å². The number of hydrogen-bond donors (Lipinski definition) is 0. The van der Waals surface area contributed by atoms with Crippen molar-refractivity contribution in [2.75, 3.05) is 0 Å². The van der Waals surface area contributed by atoms with Crippen LogP contribution in [0.3, 0.4) is 0 Å². The molecule has 0 heterocycles. The van der Waals surface area contributed by atoms with E-state index in [2.05, 4.69) is 0 Å². The van der Waals surface area contributed by atoms with Crippen LogP contribution < -0.4 is 51.4 Å². The molecule has 11 heteroatoms. The number of alkyl halides is 6. The van der Waals surface area contributed by atoms with Crippen LogP contribution in [0.15, 0.2) is 0 Å². The van der Waals surface area contributed by atoms with Crippen LogP contribution in [0.4, 0.5) is 26.3 Å². The van der Waals surface area contributed by atoms with Gasteiger partial charge in [-0.2, -0.15) is 8.78 Å². The van der Waals surface area contributed by atoms with E-state index in [1.807, 2.05) is 0 Å². The summed E-state index contributed by atoms with van der Waals surface area (Å²) in [7, 11) is -6.18. The molecule has 0 saturated carbocycles. The van der Waals surface area contributed by atoms with Gasteiger partial charge in [0, 0.05) is 0 Å². The fourth-order valence-electron chi connectivity index (χ4n) is 0.486. The monoisotopic (exact) mass is 284 g/mol. The van der Waals surface area contributed by atoms with Gasteiger partial charge in [0.25, 0.3) is 11.9 Å². The zero-order valence-corrected chi connectivity index (χ0v) is 11.1. The Morgan fingerprint density at radius 3 is 1.60 bits per heavy atom. The average Bonchev–Trinajstić information content (AvgIpc) is 1.99. The van der Waals surface area contributed by atoms with Gasteiger partial charge >= 0.3 is 57.3 Å². The molecule has 0 rings (SSSR count). The minimum atomic E-state index is -6.18. The van der Waals surface area contributed by atoms with Crippen molar-refractivity contribution in [2.45, 2.75) is 24.0 Å². The summed E-state index contributed by atoms with van der Waals surface area (Å²) in [5.41, 5.74) is -4.53. The molecule has 0 aliphatic heterocycles. The summed E-state index contributed by atoms with van der Waals surface area (Å²) in [4.78, 5) is 0. The van der Waals surface area contributed by atoms with Crippen molar-refractivity contribution in [3.8, 4) is 0 Å². The number of rotatable bonds is 4. The van der Waals surface area contributed by atoms with Crippen LogP contribution in [-0.2, 0) is 10.1 Å². The first kappa shape index (κ1) is 18.5. The third-order valence-corrected chi connectivity index (χ3v) is 1.97. The summed E-state index contributed by atoms with van der Waals surface area (Å²) in [6.07, 6.45) is -8.63. The minimum Gasteiger partial charge on any atom is -0.746 e. The zero-order valence-electron chi connectivity index (χ0n) is 7.13. The molecule has 0 spiro atoms. The van der Waals surface area contributed by atoms with Crippen molar-refractivity contribution in [2.24, 2.45) is 0 Å². The maximum Gasteiger partial charge on any atom is 1.00 e. The molecule has 0 aliphatic carbocycles. The molecule has 0 saturated heterocycles. The molecule has 0 aliphatic rings. The van der Waals surface area contributed by atoms with Gasteiger partial charge in [0.2, 0.25) is 6.17 Å². The fourth-order valence-corrected chi connectivity index (χ4v) is 1.00. The Morgan fingerprint density at radius 1 is 1.07 bits per heavy atom. The first-order chi connectivity index (χ1) is 6.01. The van der Waals surface area contributed by atoms with Crippen LogP contribution in [0.2, 0.25) is 0 Å². The van der Waals surface area contributed by atoms with E-state index < -0.39 is 34.1 Å². The molecule has 86 valence electrons. The molecule has 0 N–H and O–H groups in total. The molecule has 2 atom stereocenters. The van der Waals surface area contributed by atoms with E-state index >= 15 is 0 Å². The van der Waals surface area contributed by atoms with E-state index in [4.69, 9.17) is 0 Å². The Labute approximate surface area is 123 Å². The Bertz CT molecular complexity index is 293. The van der Waals surface area contributed by atoms with Gasteiger partial charge in [0.1, 0.15) is 10.1 Å². The predicted octanol–water partition coefficient (Wildman–Crippen LogP) is -1.93. The number of hydrogen-bond acceptors (Lipinski definition) is 3. The Morgan fingerprint density at radius 2 is 1.40 bits per heavy atom. The average molecular weight is 284 g/mol. The van der Waals surface area contributed by atoms with E-state index in [0.29, 0.717) is 0 Å². The van der Waals surface area contributed by atoms with Gasteiger partial charge in [-0.3, -0.25) is 0 Å². The van der Waals surface area contributed by atoms with Gasteiger partial charge in [-0.05, 0) is 0 Å². The second-order valence-corrected chi connectivity index (χ2v) is 3.62. The van der Waals surface area contributed by atoms with Crippen molar-refractivity contribution in [3.05, 3.63) is 0 Å². The molecule has 0 aromatic carbocycles. The smallest absolute Gasteiger partial charge is 0.746 e. The van der Waals surface area contributed by atoms with Crippen LogP contribution in [0.1, 0.15) is 0 Å². The van der Waals surface area contributed by atoms with Crippen LogP contribution in [0, 0.1) is 0 Å². The molecule has 0 bridgehead atoms. The summed E-state index contributed by atoms with van der Waals surface area (Å²) < 4.78 is 100. The SMILES string of the molecule is O=S(=O)([O-])C(F)C(F)(F)C(F)C(F)F.[K+]. The predicted molar refractivity (Wildman–Crippen MR) is 30.4 cm³/mol. The normalized spacial score (nSPS) is 17.1. The van der Waals surface area contributed by atoms with Crippen molar-refractivity contribution < 1.29 is 90.7 Å². The molecular formula is C4H3F6KO3S. The van der Waals surface area contributed by atoms with Gasteiger partial charge in [-0.1, -0.05) is 0 Å². The van der Waals surface area contributed by atoms with E-state index in [9.17, 15) is 39.3 Å². The summed E-state index contributed by atoms with van der Waals surface area (Å²) in [6, 6.07) is 0. The van der Waals surface area contributed by atoms with Gasteiger partial charge in [0.05, 0.1) is 0 Å². The van der Waals surface area contributed by atoms with E-state index in [1.54, 1.807) is 0 Å². The van der Waals surface area contributed by atoms with Crippen molar-refractivity contribution in [1.82, 2.24) is 0 Å². The van der Waals surface area contributed by atoms with Crippen molar-refractivity contribution in [1.29, 1.82) is 0 Å².